The summed E-state index contributed by atoms with van der Waals surface area (Å²) in [5.74, 6) is 5.16. The number of carbonyl (C=O) groups excluding carboxylic acids is 1. The molecule has 2 N–H and O–H groups in total. The predicted octanol–water partition coefficient (Wildman–Crippen LogP) is 1.63. The Labute approximate surface area is 167 Å². The van der Waals surface area contributed by atoms with Crippen molar-refractivity contribution in [2.75, 3.05) is 40.9 Å². The molecule has 1 aromatic rings. The van der Waals surface area contributed by atoms with Crippen molar-refractivity contribution < 1.29 is 14.3 Å². The van der Waals surface area contributed by atoms with E-state index in [0.29, 0.717) is 30.4 Å². The summed E-state index contributed by atoms with van der Waals surface area (Å²) >= 11 is 0. The maximum absolute atomic E-state index is 11.6. The van der Waals surface area contributed by atoms with Crippen LogP contribution in [0.15, 0.2) is 23.2 Å². The van der Waals surface area contributed by atoms with E-state index >= 15 is 0 Å². The third-order valence-corrected chi connectivity index (χ3v) is 4.87. The van der Waals surface area contributed by atoms with Crippen molar-refractivity contribution in [1.29, 1.82) is 0 Å². The first-order chi connectivity index (χ1) is 13.6. The normalized spacial score (nSPS) is 14.9. The van der Waals surface area contributed by atoms with Gasteiger partial charge in [0.2, 0.25) is 5.91 Å². The van der Waals surface area contributed by atoms with Crippen LogP contribution in [0.1, 0.15) is 24.8 Å². The first-order valence-corrected chi connectivity index (χ1v) is 9.50. The minimum Gasteiger partial charge on any atom is -0.493 e. The van der Waals surface area contributed by atoms with Crippen molar-refractivity contribution in [3.05, 3.63) is 23.8 Å². The van der Waals surface area contributed by atoms with E-state index in [-0.39, 0.29) is 12.5 Å². The summed E-state index contributed by atoms with van der Waals surface area (Å²) in [4.78, 5) is 18.2. The fourth-order valence-corrected chi connectivity index (χ4v) is 3.29. The minimum atomic E-state index is 0.114. The molecule has 1 aromatic carbocycles. The Morgan fingerprint density at radius 2 is 2.11 bits per heavy atom. The van der Waals surface area contributed by atoms with Crippen LogP contribution in [-0.4, -0.2) is 57.7 Å². The maximum atomic E-state index is 11.6. The van der Waals surface area contributed by atoms with Gasteiger partial charge in [-0.1, -0.05) is 12.0 Å². The Balaban J connectivity index is 1.90. The van der Waals surface area contributed by atoms with E-state index in [1.54, 1.807) is 21.2 Å². The number of nitrogens with one attached hydrogen (secondary N) is 2. The van der Waals surface area contributed by atoms with Gasteiger partial charge in [-0.2, -0.15) is 0 Å². The zero-order valence-corrected chi connectivity index (χ0v) is 17.0. The fraction of sp³-hybridized carbons (Fsp3) is 0.524. The van der Waals surface area contributed by atoms with Crippen molar-refractivity contribution >= 4 is 11.9 Å². The molecule has 1 heterocycles. The van der Waals surface area contributed by atoms with E-state index in [0.717, 1.165) is 37.5 Å². The van der Waals surface area contributed by atoms with Crippen molar-refractivity contribution in [1.82, 2.24) is 15.5 Å². The number of hydrogen-bond donors (Lipinski definition) is 2. The highest BCUT2D eigenvalue weighted by atomic mass is 16.5. The summed E-state index contributed by atoms with van der Waals surface area (Å²) in [7, 11) is 5.07. The van der Waals surface area contributed by atoms with Gasteiger partial charge < -0.3 is 25.0 Å². The van der Waals surface area contributed by atoms with Gasteiger partial charge in [0.1, 0.15) is 6.61 Å². The van der Waals surface area contributed by atoms with Gasteiger partial charge in [0.05, 0.1) is 7.11 Å². The van der Waals surface area contributed by atoms with Gasteiger partial charge in [0.15, 0.2) is 17.5 Å². The monoisotopic (exact) mass is 386 g/mol. The SMILES string of the molecule is C#CCOc1cc(CNC(=NC)N2CCC(CC(=O)NC)CC2)ccc1OC. The third-order valence-electron chi connectivity index (χ3n) is 4.87. The van der Waals surface area contributed by atoms with E-state index in [1.807, 2.05) is 18.2 Å². The van der Waals surface area contributed by atoms with Crippen LogP contribution >= 0.6 is 0 Å². The average Bonchev–Trinajstić information content (AvgIpc) is 2.73. The number of nitrogens with zero attached hydrogens (tertiary/aromatic N) is 2. The lowest BCUT2D eigenvalue weighted by atomic mass is 9.93. The van der Waals surface area contributed by atoms with Crippen LogP contribution in [0.3, 0.4) is 0 Å². The third kappa shape index (κ3) is 6.08. The molecule has 0 spiro atoms. The van der Waals surface area contributed by atoms with Gasteiger partial charge in [0, 0.05) is 40.2 Å². The highest BCUT2D eigenvalue weighted by molar-refractivity contribution is 5.80. The Morgan fingerprint density at radius 1 is 1.36 bits per heavy atom. The van der Waals surface area contributed by atoms with E-state index < -0.39 is 0 Å². The van der Waals surface area contributed by atoms with Crippen LogP contribution in [0.25, 0.3) is 0 Å². The second kappa shape index (κ2) is 11.1. The number of ether oxygens (including phenoxy) is 2. The van der Waals surface area contributed by atoms with Crippen LogP contribution in [-0.2, 0) is 11.3 Å². The Kier molecular flexibility index (Phi) is 8.47. The molecular weight excluding hydrogens is 356 g/mol. The highest BCUT2D eigenvalue weighted by Gasteiger charge is 2.23. The van der Waals surface area contributed by atoms with Crippen LogP contribution < -0.4 is 20.1 Å². The van der Waals surface area contributed by atoms with E-state index in [4.69, 9.17) is 15.9 Å². The first kappa shape index (κ1) is 21.4. The van der Waals surface area contributed by atoms with Gasteiger partial charge in [0.25, 0.3) is 0 Å². The van der Waals surface area contributed by atoms with Crippen molar-refractivity contribution in [3.63, 3.8) is 0 Å². The molecule has 0 aliphatic carbocycles. The van der Waals surface area contributed by atoms with Crippen molar-refractivity contribution in [3.8, 4) is 23.8 Å². The number of guanidine groups is 1. The molecule has 0 saturated carbocycles. The van der Waals surface area contributed by atoms with Gasteiger partial charge in [-0.3, -0.25) is 9.79 Å². The molecule has 7 heteroatoms. The molecule has 1 fully saturated rings. The topological polar surface area (TPSA) is 75.2 Å². The molecule has 2 rings (SSSR count). The number of amides is 1. The zero-order valence-electron chi connectivity index (χ0n) is 17.0. The molecule has 7 nitrogen and oxygen atoms in total. The van der Waals surface area contributed by atoms with Crippen LogP contribution in [0.5, 0.6) is 11.5 Å². The van der Waals surface area contributed by atoms with Gasteiger partial charge in [-0.05, 0) is 36.5 Å². The summed E-state index contributed by atoms with van der Waals surface area (Å²) in [6.45, 7) is 2.59. The molecule has 0 unspecified atom stereocenters. The second-order valence-electron chi connectivity index (χ2n) is 6.69. The number of methoxy groups -OCH3 is 1. The zero-order chi connectivity index (χ0) is 20.4. The van der Waals surface area contributed by atoms with Crippen molar-refractivity contribution in [2.45, 2.75) is 25.8 Å². The quantitative estimate of drug-likeness (QED) is 0.423. The van der Waals surface area contributed by atoms with E-state index in [1.165, 1.54) is 0 Å². The minimum absolute atomic E-state index is 0.114. The molecule has 0 aromatic heterocycles. The average molecular weight is 386 g/mol. The smallest absolute Gasteiger partial charge is 0.220 e. The molecule has 0 radical (unpaired) electrons. The second-order valence-corrected chi connectivity index (χ2v) is 6.69. The Morgan fingerprint density at radius 3 is 2.71 bits per heavy atom. The molecule has 1 aliphatic heterocycles. The molecule has 152 valence electrons. The molecular formula is C21H30N4O3. The number of carbonyl (C=O) groups is 1. The number of terminal acetylenes is 1. The number of piperidine rings is 1. The Bertz CT molecular complexity index is 719. The van der Waals surface area contributed by atoms with Gasteiger partial charge in [-0.15, -0.1) is 6.42 Å². The van der Waals surface area contributed by atoms with Crippen LogP contribution in [0.4, 0.5) is 0 Å². The summed E-state index contributed by atoms with van der Waals surface area (Å²) in [5.41, 5.74) is 1.04. The van der Waals surface area contributed by atoms with Crippen LogP contribution in [0.2, 0.25) is 0 Å². The maximum Gasteiger partial charge on any atom is 0.220 e. The fourth-order valence-electron chi connectivity index (χ4n) is 3.29. The largest absolute Gasteiger partial charge is 0.493 e. The summed E-state index contributed by atoms with van der Waals surface area (Å²) in [6.07, 6.45) is 7.85. The number of benzene rings is 1. The van der Waals surface area contributed by atoms with Gasteiger partial charge >= 0.3 is 0 Å². The molecule has 1 saturated heterocycles. The molecule has 1 aliphatic rings. The summed E-state index contributed by atoms with van der Waals surface area (Å²) in [6, 6.07) is 5.78. The first-order valence-electron chi connectivity index (χ1n) is 9.50. The Hall–Kier alpha value is -2.88. The summed E-state index contributed by atoms with van der Waals surface area (Å²) in [5, 5.41) is 6.11. The molecule has 0 bridgehead atoms. The summed E-state index contributed by atoms with van der Waals surface area (Å²) < 4.78 is 10.9. The number of likely N-dealkylation sites (tertiary alicyclic amines) is 1. The predicted molar refractivity (Wildman–Crippen MR) is 111 cm³/mol. The number of rotatable bonds is 7. The molecule has 1 amide bonds. The number of hydrogen-bond acceptors (Lipinski definition) is 4. The molecule has 28 heavy (non-hydrogen) atoms. The number of aliphatic imine (C=N–C) groups is 1. The van der Waals surface area contributed by atoms with Gasteiger partial charge in [-0.25, -0.2) is 0 Å². The lowest BCUT2D eigenvalue weighted by Gasteiger charge is -2.34. The standard InChI is InChI=1S/C21H30N4O3/c1-5-12-28-19-13-17(6-7-18(19)27-4)15-24-21(23-3)25-10-8-16(9-11-25)14-20(26)22-2/h1,6-7,13,16H,8-12,14-15H2,2-4H3,(H,22,26)(H,23,24). The lowest BCUT2D eigenvalue weighted by molar-refractivity contribution is -0.121. The van der Waals surface area contributed by atoms with Crippen LogP contribution in [0, 0.1) is 18.3 Å². The van der Waals surface area contributed by atoms with E-state index in [9.17, 15) is 4.79 Å². The molecule has 0 atom stereocenters. The van der Waals surface area contributed by atoms with E-state index in [2.05, 4.69) is 26.4 Å². The van der Waals surface area contributed by atoms with Crippen molar-refractivity contribution in [2.24, 2.45) is 10.9 Å². The highest BCUT2D eigenvalue weighted by Crippen LogP contribution is 2.28. The lowest BCUT2D eigenvalue weighted by Crippen LogP contribution is -2.45.